The van der Waals surface area contributed by atoms with Crippen molar-refractivity contribution in [3.63, 3.8) is 0 Å². The first-order valence-electron chi connectivity index (χ1n) is 10.6. The highest BCUT2D eigenvalue weighted by Crippen LogP contribution is 2.23. The Labute approximate surface area is 182 Å². The number of aryl methyl sites for hydroxylation is 3. The lowest BCUT2D eigenvalue weighted by molar-refractivity contribution is -0.121. The van der Waals surface area contributed by atoms with Gasteiger partial charge < -0.3 is 14.7 Å². The Morgan fingerprint density at radius 2 is 1.65 bits per heavy atom. The van der Waals surface area contributed by atoms with Gasteiger partial charge in [0.1, 0.15) is 11.8 Å². The lowest BCUT2D eigenvalue weighted by atomic mass is 10.0. The average molecular weight is 414 g/mol. The van der Waals surface area contributed by atoms with Crippen LogP contribution >= 0.6 is 0 Å². The molecule has 0 aliphatic heterocycles. The van der Waals surface area contributed by atoms with Crippen molar-refractivity contribution >= 4 is 5.91 Å². The highest BCUT2D eigenvalue weighted by atomic mass is 16.4. The third-order valence-corrected chi connectivity index (χ3v) is 5.56. The number of primary amides is 1. The van der Waals surface area contributed by atoms with Gasteiger partial charge in [-0.05, 0) is 61.6 Å². The van der Waals surface area contributed by atoms with Gasteiger partial charge in [-0.3, -0.25) is 4.79 Å². The van der Waals surface area contributed by atoms with Crippen molar-refractivity contribution in [1.82, 2.24) is 9.55 Å². The topological polar surface area (TPSA) is 74.1 Å². The molecule has 0 spiro atoms. The van der Waals surface area contributed by atoms with Crippen molar-refractivity contribution in [2.45, 2.75) is 38.6 Å². The third kappa shape index (κ3) is 5.12. The van der Waals surface area contributed by atoms with Gasteiger partial charge in [-0.1, -0.05) is 42.5 Å². The summed E-state index contributed by atoms with van der Waals surface area (Å²) in [6.07, 6.45) is 7.17. The van der Waals surface area contributed by atoms with Crippen LogP contribution < -0.4 is 5.73 Å². The number of rotatable bonds is 9. The fourth-order valence-electron chi connectivity index (χ4n) is 3.80. The minimum atomic E-state index is -0.366. The van der Waals surface area contributed by atoms with Crippen LogP contribution in [0.25, 0.3) is 11.5 Å². The summed E-state index contributed by atoms with van der Waals surface area (Å²) in [5, 5.41) is 0. The lowest BCUT2D eigenvalue weighted by Gasteiger charge is -2.15. The van der Waals surface area contributed by atoms with Crippen LogP contribution in [0.2, 0.25) is 0 Å². The van der Waals surface area contributed by atoms with E-state index in [1.54, 1.807) is 0 Å². The standard InChI is InChI=1S/C26H27N3O2/c1-19-23(28-26(31-19)22-9-3-2-4-10-22)11-7-8-20-12-14-21(15-13-20)18-24(25(27)30)29-16-5-6-17-29/h2-6,9-10,12-17,24H,7-8,11,18H2,1H3,(H2,27,30). The van der Waals surface area contributed by atoms with Crippen molar-refractivity contribution in [3.8, 4) is 11.5 Å². The molecule has 0 radical (unpaired) electrons. The van der Waals surface area contributed by atoms with E-state index in [0.29, 0.717) is 12.3 Å². The molecule has 0 fully saturated rings. The number of hydrogen-bond donors (Lipinski definition) is 1. The van der Waals surface area contributed by atoms with E-state index >= 15 is 0 Å². The number of oxazole rings is 1. The monoisotopic (exact) mass is 413 g/mol. The van der Waals surface area contributed by atoms with Crippen LogP contribution in [0.1, 0.15) is 35.0 Å². The summed E-state index contributed by atoms with van der Waals surface area (Å²) in [5.41, 5.74) is 9.99. The first kappa shape index (κ1) is 20.7. The smallest absolute Gasteiger partial charge is 0.240 e. The van der Waals surface area contributed by atoms with Crippen LogP contribution in [0.5, 0.6) is 0 Å². The van der Waals surface area contributed by atoms with E-state index in [4.69, 9.17) is 10.2 Å². The van der Waals surface area contributed by atoms with Crippen molar-refractivity contribution in [2.24, 2.45) is 5.73 Å². The van der Waals surface area contributed by atoms with E-state index in [9.17, 15) is 4.79 Å². The Hall–Kier alpha value is -3.60. The molecule has 5 nitrogen and oxygen atoms in total. The molecule has 2 aromatic carbocycles. The van der Waals surface area contributed by atoms with Crippen molar-refractivity contribution in [3.05, 3.63) is 102 Å². The number of benzene rings is 2. The molecule has 4 rings (SSSR count). The zero-order chi connectivity index (χ0) is 21.6. The average Bonchev–Trinajstić information content (AvgIpc) is 3.44. The molecule has 0 aliphatic carbocycles. The number of amides is 1. The maximum atomic E-state index is 11.9. The maximum Gasteiger partial charge on any atom is 0.240 e. The number of nitrogens with zero attached hydrogens (tertiary/aromatic N) is 2. The molecule has 0 saturated carbocycles. The molecule has 158 valence electrons. The summed E-state index contributed by atoms with van der Waals surface area (Å²) < 4.78 is 7.72. The van der Waals surface area contributed by atoms with Crippen LogP contribution in [0.15, 0.2) is 83.5 Å². The molecule has 5 heteroatoms. The number of nitrogens with two attached hydrogens (primary N) is 1. The first-order valence-corrected chi connectivity index (χ1v) is 10.6. The fourth-order valence-corrected chi connectivity index (χ4v) is 3.80. The molecule has 0 saturated heterocycles. The molecule has 1 atom stereocenters. The number of hydrogen-bond acceptors (Lipinski definition) is 3. The predicted molar refractivity (Wildman–Crippen MR) is 122 cm³/mol. The molecular formula is C26H27N3O2. The van der Waals surface area contributed by atoms with Crippen LogP contribution in [0.3, 0.4) is 0 Å². The second-order valence-electron chi connectivity index (χ2n) is 7.81. The van der Waals surface area contributed by atoms with Gasteiger partial charge in [0.2, 0.25) is 11.8 Å². The zero-order valence-electron chi connectivity index (χ0n) is 17.7. The van der Waals surface area contributed by atoms with E-state index in [1.807, 2.05) is 66.3 Å². The van der Waals surface area contributed by atoms with Gasteiger partial charge in [0.15, 0.2) is 0 Å². The lowest BCUT2D eigenvalue weighted by Crippen LogP contribution is -2.27. The van der Waals surface area contributed by atoms with Crippen molar-refractivity contribution in [2.75, 3.05) is 0 Å². The largest absolute Gasteiger partial charge is 0.441 e. The number of aromatic nitrogens is 2. The van der Waals surface area contributed by atoms with E-state index in [2.05, 4.69) is 29.2 Å². The SMILES string of the molecule is Cc1oc(-c2ccccc2)nc1CCCc1ccc(CC(C(N)=O)n2cccc2)cc1. The second kappa shape index (κ2) is 9.47. The molecule has 0 aliphatic rings. The van der Waals surface area contributed by atoms with Crippen LogP contribution in [0, 0.1) is 6.92 Å². The van der Waals surface area contributed by atoms with Gasteiger partial charge in [0.25, 0.3) is 0 Å². The van der Waals surface area contributed by atoms with Gasteiger partial charge in [-0.15, -0.1) is 0 Å². The van der Waals surface area contributed by atoms with Crippen LogP contribution in [-0.4, -0.2) is 15.5 Å². The molecule has 2 aromatic heterocycles. The Morgan fingerprint density at radius 3 is 2.32 bits per heavy atom. The van der Waals surface area contributed by atoms with E-state index in [-0.39, 0.29) is 11.9 Å². The van der Waals surface area contributed by atoms with E-state index < -0.39 is 0 Å². The zero-order valence-corrected chi connectivity index (χ0v) is 17.7. The van der Waals surface area contributed by atoms with Gasteiger partial charge >= 0.3 is 0 Å². The quantitative estimate of drug-likeness (QED) is 0.424. The van der Waals surface area contributed by atoms with Gasteiger partial charge in [0, 0.05) is 24.4 Å². The summed E-state index contributed by atoms with van der Waals surface area (Å²) in [6.45, 7) is 1.98. The Morgan fingerprint density at radius 1 is 0.968 bits per heavy atom. The molecule has 31 heavy (non-hydrogen) atoms. The molecule has 4 aromatic rings. The second-order valence-corrected chi connectivity index (χ2v) is 7.81. The summed E-state index contributed by atoms with van der Waals surface area (Å²) in [4.78, 5) is 16.5. The summed E-state index contributed by atoms with van der Waals surface area (Å²) in [5.74, 6) is 1.25. The third-order valence-electron chi connectivity index (χ3n) is 5.56. The normalized spacial score (nSPS) is 12.0. The molecule has 1 amide bonds. The summed E-state index contributed by atoms with van der Waals surface area (Å²) in [6, 6.07) is 21.9. The summed E-state index contributed by atoms with van der Waals surface area (Å²) in [7, 11) is 0. The maximum absolute atomic E-state index is 11.9. The Balaban J connectivity index is 1.33. The minimum Gasteiger partial charge on any atom is -0.441 e. The fraction of sp³-hybridized carbons (Fsp3) is 0.231. The number of carbonyl (C=O) groups excluding carboxylic acids is 1. The predicted octanol–water partition coefficient (Wildman–Crippen LogP) is 4.90. The molecular weight excluding hydrogens is 386 g/mol. The molecule has 1 unspecified atom stereocenters. The van der Waals surface area contributed by atoms with Crippen LogP contribution in [-0.2, 0) is 24.1 Å². The Kier molecular flexibility index (Phi) is 6.32. The van der Waals surface area contributed by atoms with Gasteiger partial charge in [-0.25, -0.2) is 4.98 Å². The molecule has 2 N–H and O–H groups in total. The Bertz CT molecular complexity index is 1110. The van der Waals surface area contributed by atoms with Crippen molar-refractivity contribution < 1.29 is 9.21 Å². The first-order chi connectivity index (χ1) is 15.1. The summed E-state index contributed by atoms with van der Waals surface area (Å²) >= 11 is 0. The highest BCUT2D eigenvalue weighted by molar-refractivity contribution is 5.78. The van der Waals surface area contributed by atoms with E-state index in [1.165, 1.54) is 5.56 Å². The molecule has 2 heterocycles. The number of carbonyl (C=O) groups is 1. The van der Waals surface area contributed by atoms with Gasteiger partial charge in [-0.2, -0.15) is 0 Å². The van der Waals surface area contributed by atoms with Crippen LogP contribution in [0.4, 0.5) is 0 Å². The minimum absolute atomic E-state index is 0.321. The van der Waals surface area contributed by atoms with Crippen molar-refractivity contribution in [1.29, 1.82) is 0 Å². The molecule has 0 bridgehead atoms. The van der Waals surface area contributed by atoms with E-state index in [0.717, 1.165) is 41.8 Å². The van der Waals surface area contributed by atoms with Gasteiger partial charge in [0.05, 0.1) is 5.69 Å². The highest BCUT2D eigenvalue weighted by Gasteiger charge is 2.17.